The Morgan fingerprint density at radius 2 is 1.90 bits per heavy atom. The van der Waals surface area contributed by atoms with E-state index in [0.717, 1.165) is 17.7 Å². The highest BCUT2D eigenvalue weighted by atomic mass is 16.5. The molecule has 3 aliphatic rings. The van der Waals surface area contributed by atoms with Crippen LogP contribution in [0.3, 0.4) is 0 Å². The number of rotatable bonds is 2. The van der Waals surface area contributed by atoms with Crippen LogP contribution in [0.1, 0.15) is 54.9 Å². The normalized spacial score (nSPS) is 28.6. The van der Waals surface area contributed by atoms with E-state index in [9.17, 15) is 4.79 Å². The van der Waals surface area contributed by atoms with Crippen LogP contribution in [0.2, 0.25) is 0 Å². The lowest BCUT2D eigenvalue weighted by Gasteiger charge is -2.38. The quantitative estimate of drug-likeness (QED) is 0.731. The third-order valence-corrected chi connectivity index (χ3v) is 5.47. The Kier molecular flexibility index (Phi) is 2.80. The molecule has 1 unspecified atom stereocenters. The van der Waals surface area contributed by atoms with Crippen LogP contribution in [-0.2, 0) is 9.53 Å². The molecule has 1 saturated heterocycles. The summed E-state index contributed by atoms with van der Waals surface area (Å²) in [5.74, 6) is -0.160. The highest BCUT2D eigenvalue weighted by Crippen LogP contribution is 2.59. The fourth-order valence-corrected chi connectivity index (χ4v) is 4.32. The Balaban J connectivity index is 2.17. The molecule has 4 nitrogen and oxygen atoms in total. The Morgan fingerprint density at radius 3 is 2.48 bits per heavy atom. The molecule has 0 radical (unpaired) electrons. The molecule has 21 heavy (non-hydrogen) atoms. The third-order valence-electron chi connectivity index (χ3n) is 5.47. The summed E-state index contributed by atoms with van der Waals surface area (Å²) in [6.45, 7) is 15.5. The number of nitrogens with zero attached hydrogens (tertiary/aromatic N) is 2. The number of ether oxygens (including phenoxy) is 1. The average molecular weight is 290 g/mol. The minimum absolute atomic E-state index is 0.0175. The zero-order valence-electron chi connectivity index (χ0n) is 14.2. The third kappa shape index (κ3) is 1.59. The lowest BCUT2D eigenvalue weighted by molar-refractivity contribution is -0.139. The van der Waals surface area contributed by atoms with Crippen molar-refractivity contribution >= 4 is 5.97 Å². The van der Waals surface area contributed by atoms with Gasteiger partial charge in [0.25, 0.3) is 0 Å². The van der Waals surface area contributed by atoms with Crippen LogP contribution in [-0.4, -0.2) is 34.2 Å². The largest absolute Gasteiger partial charge is 0.463 e. The zero-order valence-corrected chi connectivity index (χ0v) is 14.2. The van der Waals surface area contributed by atoms with E-state index in [1.807, 2.05) is 6.92 Å². The lowest BCUT2D eigenvalue weighted by Crippen LogP contribution is -2.46. The van der Waals surface area contributed by atoms with Gasteiger partial charge in [0.05, 0.1) is 23.8 Å². The molecule has 0 spiro atoms. The highest BCUT2D eigenvalue weighted by Gasteiger charge is 2.61. The first-order valence-electron chi connectivity index (χ1n) is 7.82. The summed E-state index contributed by atoms with van der Waals surface area (Å²) >= 11 is 0. The van der Waals surface area contributed by atoms with Crippen molar-refractivity contribution in [1.82, 2.24) is 10.0 Å². The van der Waals surface area contributed by atoms with Gasteiger partial charge in [0.15, 0.2) is 0 Å². The molecule has 0 saturated carbocycles. The molecule has 116 valence electrons. The maximum atomic E-state index is 12.5. The number of hydrogen-bond acceptors (Lipinski definition) is 4. The van der Waals surface area contributed by atoms with Crippen molar-refractivity contribution in [3.05, 3.63) is 22.5 Å². The Morgan fingerprint density at radius 1 is 1.29 bits per heavy atom. The van der Waals surface area contributed by atoms with Gasteiger partial charge in [-0.25, -0.2) is 4.79 Å². The number of carbonyl (C=O) groups is 1. The summed E-state index contributed by atoms with van der Waals surface area (Å²) in [5.41, 5.74) is 4.65. The maximum Gasteiger partial charge on any atom is 0.338 e. The summed E-state index contributed by atoms with van der Waals surface area (Å²) in [4.78, 5) is 12.5. The van der Waals surface area contributed by atoms with Gasteiger partial charge in [0.2, 0.25) is 0 Å². The molecule has 3 heterocycles. The molecule has 3 aliphatic heterocycles. The van der Waals surface area contributed by atoms with Crippen molar-refractivity contribution in [1.29, 1.82) is 0 Å². The topological polar surface area (TPSA) is 32.8 Å². The first-order valence-corrected chi connectivity index (χ1v) is 7.82. The van der Waals surface area contributed by atoms with Crippen LogP contribution >= 0.6 is 0 Å². The molecular weight excluding hydrogens is 264 g/mol. The molecule has 0 aromatic heterocycles. The van der Waals surface area contributed by atoms with Crippen molar-refractivity contribution in [2.45, 2.75) is 66.5 Å². The lowest BCUT2D eigenvalue weighted by atomic mass is 9.77. The Hall–Kier alpha value is -1.45. The van der Waals surface area contributed by atoms with Crippen molar-refractivity contribution in [2.75, 3.05) is 6.61 Å². The van der Waals surface area contributed by atoms with E-state index in [1.165, 1.54) is 11.3 Å². The van der Waals surface area contributed by atoms with Gasteiger partial charge in [-0.3, -0.25) is 10.0 Å². The first kappa shape index (κ1) is 14.5. The van der Waals surface area contributed by atoms with Crippen LogP contribution in [0, 0.1) is 5.41 Å². The zero-order chi connectivity index (χ0) is 15.7. The number of allylic oxidation sites excluding steroid dienone is 1. The fourth-order valence-electron chi connectivity index (χ4n) is 4.32. The number of esters is 1. The number of carbonyl (C=O) groups excluding carboxylic acids is 1. The summed E-state index contributed by atoms with van der Waals surface area (Å²) < 4.78 is 5.34. The Labute approximate surface area is 127 Å². The average Bonchev–Trinajstić information content (AvgIpc) is 2.88. The van der Waals surface area contributed by atoms with Gasteiger partial charge < -0.3 is 4.74 Å². The fraction of sp³-hybridized carbons (Fsp3) is 0.706. The van der Waals surface area contributed by atoms with Gasteiger partial charge in [-0.15, -0.1) is 0 Å². The molecular formula is C17H26N2O2. The molecule has 3 rings (SSSR count). The Bertz CT molecular complexity index is 584. The maximum absolute atomic E-state index is 12.5. The highest BCUT2D eigenvalue weighted by molar-refractivity contribution is 5.92. The van der Waals surface area contributed by atoms with Crippen LogP contribution in [0.5, 0.6) is 0 Å². The van der Waals surface area contributed by atoms with E-state index in [1.54, 1.807) is 0 Å². The predicted octanol–water partition coefficient (Wildman–Crippen LogP) is 3.22. The molecule has 1 fully saturated rings. The van der Waals surface area contributed by atoms with Crippen LogP contribution in [0.15, 0.2) is 22.5 Å². The van der Waals surface area contributed by atoms with E-state index in [0.29, 0.717) is 6.61 Å². The van der Waals surface area contributed by atoms with Crippen molar-refractivity contribution in [3.8, 4) is 0 Å². The van der Waals surface area contributed by atoms with Crippen molar-refractivity contribution < 1.29 is 9.53 Å². The van der Waals surface area contributed by atoms with Gasteiger partial charge in [-0.05, 0) is 40.2 Å². The summed E-state index contributed by atoms with van der Waals surface area (Å²) in [7, 11) is 0. The second-order valence-corrected chi connectivity index (χ2v) is 7.56. The van der Waals surface area contributed by atoms with E-state index >= 15 is 0 Å². The van der Waals surface area contributed by atoms with E-state index in [2.05, 4.69) is 51.6 Å². The second-order valence-electron chi connectivity index (χ2n) is 7.56. The number of hydrazine groups is 1. The molecule has 0 aromatic carbocycles. The predicted molar refractivity (Wildman–Crippen MR) is 82.0 cm³/mol. The SMILES string of the molecule is CCOC(=O)C1=C(C)N2N3C(=C(C)C(C)(C)C13)CC2(C)C. The van der Waals surface area contributed by atoms with Crippen molar-refractivity contribution in [2.24, 2.45) is 5.41 Å². The van der Waals surface area contributed by atoms with Gasteiger partial charge in [0, 0.05) is 23.2 Å². The molecule has 0 amide bonds. The van der Waals surface area contributed by atoms with Crippen LogP contribution in [0.4, 0.5) is 0 Å². The van der Waals surface area contributed by atoms with Gasteiger partial charge in [0.1, 0.15) is 0 Å². The van der Waals surface area contributed by atoms with Gasteiger partial charge >= 0.3 is 5.97 Å². The minimum Gasteiger partial charge on any atom is -0.463 e. The van der Waals surface area contributed by atoms with Crippen LogP contribution in [0.25, 0.3) is 0 Å². The second kappa shape index (κ2) is 4.05. The van der Waals surface area contributed by atoms with Gasteiger partial charge in [-0.2, -0.15) is 0 Å². The molecule has 1 atom stereocenters. The standard InChI is InChI=1S/C17H26N2O2/c1-8-21-15(20)13-11(3)19-16(4,5)9-12-10(2)17(6,7)14(13)18(12)19/h14H,8-9H2,1-7H3. The molecule has 4 heteroatoms. The van der Waals surface area contributed by atoms with E-state index in [4.69, 9.17) is 4.74 Å². The molecule has 0 bridgehead atoms. The van der Waals surface area contributed by atoms with E-state index in [-0.39, 0.29) is 23.0 Å². The van der Waals surface area contributed by atoms with Crippen molar-refractivity contribution in [3.63, 3.8) is 0 Å². The van der Waals surface area contributed by atoms with E-state index < -0.39 is 0 Å². The van der Waals surface area contributed by atoms with Gasteiger partial charge in [-0.1, -0.05) is 13.8 Å². The number of hydrogen-bond donors (Lipinski definition) is 0. The summed E-state index contributed by atoms with van der Waals surface area (Å²) in [6.07, 6.45) is 1.03. The molecule has 0 aliphatic carbocycles. The minimum atomic E-state index is -0.160. The first-order chi connectivity index (χ1) is 9.64. The summed E-state index contributed by atoms with van der Waals surface area (Å²) in [6, 6.07) is 0.0772. The summed E-state index contributed by atoms with van der Waals surface area (Å²) in [5, 5.41) is 4.68. The van der Waals surface area contributed by atoms with Crippen LogP contribution < -0.4 is 0 Å². The smallest absolute Gasteiger partial charge is 0.338 e. The molecule has 0 N–H and O–H groups in total. The monoisotopic (exact) mass is 290 g/mol. The molecule has 0 aromatic rings.